The molecule has 1 aliphatic heterocycles. The van der Waals surface area contributed by atoms with Crippen LogP contribution in [0.1, 0.15) is 117 Å². The average Bonchev–Trinajstić information content (AvgIpc) is 3.08. The number of unbranched alkanes of at least 4 members (excludes halogenated alkanes) is 9. The molecule has 1 heterocycles. The molecule has 0 aliphatic carbocycles. The van der Waals surface area contributed by atoms with Gasteiger partial charge in [-0.05, 0) is 38.5 Å². The number of ether oxygens (including phenoxy) is 4. The highest BCUT2D eigenvalue weighted by Crippen LogP contribution is 2.22. The second kappa shape index (κ2) is 30.9. The van der Waals surface area contributed by atoms with E-state index >= 15 is 0 Å². The van der Waals surface area contributed by atoms with E-state index in [9.17, 15) is 25.2 Å². The van der Waals surface area contributed by atoms with Crippen molar-refractivity contribution in [2.45, 2.75) is 153 Å². The summed E-state index contributed by atoms with van der Waals surface area (Å²) in [6.45, 7) is 4.28. The first kappa shape index (κ1) is 43.9. The molecule has 6 atom stereocenters. The molecule has 48 heavy (non-hydrogen) atoms. The third-order valence-electron chi connectivity index (χ3n) is 7.98. The number of aliphatic hydroxyl groups excluding tert-OH is 4. The Balaban J connectivity index is 2.43. The van der Waals surface area contributed by atoms with E-state index in [-0.39, 0.29) is 19.6 Å². The maximum Gasteiger partial charge on any atom is 0.310 e. The van der Waals surface area contributed by atoms with Crippen LogP contribution in [0.25, 0.3) is 0 Å². The minimum absolute atomic E-state index is 0.0858. The standard InChI is InChI=1S/C39H66O9/c1-3-5-7-9-11-13-15-16-17-18-19-20-22-24-26-28-35(41)47-33(31-45-29-27-25-23-21-14-12-10-8-6-4-2)32-46-39-38(44)37(43)36(42)34(30-40)48-39/h5,7,11,13,16-17,19-20,24,26,33-34,36-40,42-44H,3-4,6,8-10,12,14-15,18,21-23,25,27-32H2,1-2H3/b7-5-,13-11-,17-16-,20-19-,26-24-. The van der Waals surface area contributed by atoms with Crippen LogP contribution in [0.2, 0.25) is 0 Å². The van der Waals surface area contributed by atoms with Gasteiger partial charge < -0.3 is 39.4 Å². The molecule has 6 unspecified atom stereocenters. The second-order valence-corrected chi connectivity index (χ2v) is 12.3. The molecule has 0 spiro atoms. The fourth-order valence-electron chi connectivity index (χ4n) is 5.09. The summed E-state index contributed by atoms with van der Waals surface area (Å²) in [5.74, 6) is -0.443. The van der Waals surface area contributed by atoms with E-state index in [4.69, 9.17) is 18.9 Å². The quantitative estimate of drug-likeness (QED) is 0.0383. The van der Waals surface area contributed by atoms with Crippen molar-refractivity contribution in [1.82, 2.24) is 0 Å². The van der Waals surface area contributed by atoms with Gasteiger partial charge in [0, 0.05) is 6.61 Å². The van der Waals surface area contributed by atoms with Crippen molar-refractivity contribution in [2.75, 3.05) is 26.4 Å². The lowest BCUT2D eigenvalue weighted by atomic mass is 9.99. The van der Waals surface area contributed by atoms with Crippen molar-refractivity contribution >= 4 is 5.97 Å². The molecule has 0 amide bonds. The lowest BCUT2D eigenvalue weighted by Crippen LogP contribution is -2.59. The first-order valence-corrected chi connectivity index (χ1v) is 18.4. The average molecular weight is 679 g/mol. The van der Waals surface area contributed by atoms with Gasteiger partial charge in [0.25, 0.3) is 0 Å². The van der Waals surface area contributed by atoms with Crippen molar-refractivity contribution in [2.24, 2.45) is 0 Å². The van der Waals surface area contributed by atoms with Gasteiger partial charge in [-0.25, -0.2) is 0 Å². The molecule has 1 rings (SSSR count). The zero-order valence-corrected chi connectivity index (χ0v) is 29.7. The molecule has 0 aromatic heterocycles. The van der Waals surface area contributed by atoms with Gasteiger partial charge in [-0.1, -0.05) is 132 Å². The van der Waals surface area contributed by atoms with Crippen LogP contribution in [0.3, 0.4) is 0 Å². The van der Waals surface area contributed by atoms with Gasteiger partial charge in [-0.15, -0.1) is 0 Å². The molecule has 0 saturated carbocycles. The summed E-state index contributed by atoms with van der Waals surface area (Å²) in [5, 5.41) is 39.8. The van der Waals surface area contributed by atoms with Crippen LogP contribution in [0.4, 0.5) is 0 Å². The second-order valence-electron chi connectivity index (χ2n) is 12.3. The van der Waals surface area contributed by atoms with Gasteiger partial charge in [0.15, 0.2) is 6.29 Å². The Morgan fingerprint density at radius 1 is 0.667 bits per heavy atom. The lowest BCUT2D eigenvalue weighted by molar-refractivity contribution is -0.305. The minimum Gasteiger partial charge on any atom is -0.457 e. The molecular weight excluding hydrogens is 612 g/mol. The number of carbonyl (C=O) groups is 1. The summed E-state index contributed by atoms with van der Waals surface area (Å²) in [6, 6.07) is 0. The van der Waals surface area contributed by atoms with Crippen LogP contribution < -0.4 is 0 Å². The number of aliphatic hydroxyl groups is 4. The number of hydrogen-bond acceptors (Lipinski definition) is 9. The number of hydrogen-bond donors (Lipinski definition) is 4. The first-order valence-electron chi connectivity index (χ1n) is 18.4. The Morgan fingerprint density at radius 3 is 1.73 bits per heavy atom. The third kappa shape index (κ3) is 22.5. The van der Waals surface area contributed by atoms with E-state index in [1.165, 1.54) is 51.4 Å². The van der Waals surface area contributed by atoms with E-state index in [1.54, 1.807) is 6.08 Å². The van der Waals surface area contributed by atoms with Crippen LogP contribution in [0.15, 0.2) is 60.8 Å². The van der Waals surface area contributed by atoms with Gasteiger partial charge in [0.2, 0.25) is 0 Å². The number of allylic oxidation sites excluding steroid dienone is 9. The van der Waals surface area contributed by atoms with Gasteiger partial charge >= 0.3 is 5.97 Å². The van der Waals surface area contributed by atoms with Crippen LogP contribution in [-0.4, -0.2) is 89.6 Å². The predicted molar refractivity (Wildman–Crippen MR) is 191 cm³/mol. The van der Waals surface area contributed by atoms with Crippen molar-refractivity contribution in [3.8, 4) is 0 Å². The molecule has 0 aromatic carbocycles. The van der Waals surface area contributed by atoms with Crippen molar-refractivity contribution in [3.05, 3.63) is 60.8 Å². The predicted octanol–water partition coefficient (Wildman–Crippen LogP) is 6.79. The van der Waals surface area contributed by atoms with Crippen LogP contribution in [0.5, 0.6) is 0 Å². The monoisotopic (exact) mass is 678 g/mol. The molecule has 1 aliphatic rings. The molecule has 4 N–H and O–H groups in total. The van der Waals surface area contributed by atoms with Crippen molar-refractivity contribution in [3.63, 3.8) is 0 Å². The summed E-state index contributed by atoms with van der Waals surface area (Å²) in [6.07, 6.45) is 29.9. The Labute approximate surface area is 290 Å². The molecule has 0 bridgehead atoms. The van der Waals surface area contributed by atoms with E-state index in [2.05, 4.69) is 62.5 Å². The van der Waals surface area contributed by atoms with E-state index in [1.807, 2.05) is 6.08 Å². The summed E-state index contributed by atoms with van der Waals surface area (Å²) in [5.41, 5.74) is 0. The largest absolute Gasteiger partial charge is 0.457 e. The molecular formula is C39H66O9. The van der Waals surface area contributed by atoms with E-state index in [0.29, 0.717) is 13.0 Å². The molecule has 9 heteroatoms. The van der Waals surface area contributed by atoms with Gasteiger partial charge in [-0.2, -0.15) is 0 Å². The topological polar surface area (TPSA) is 135 Å². The van der Waals surface area contributed by atoms with Crippen LogP contribution in [-0.2, 0) is 23.7 Å². The molecule has 1 saturated heterocycles. The first-order chi connectivity index (χ1) is 23.4. The zero-order valence-electron chi connectivity index (χ0n) is 29.7. The maximum atomic E-state index is 12.6. The van der Waals surface area contributed by atoms with Crippen LogP contribution >= 0.6 is 0 Å². The Kier molecular flexibility index (Phi) is 28.3. The number of esters is 1. The SMILES string of the molecule is CC/C=C\C/C=C\C/C=C\C/C=C\C/C=C\CC(=O)OC(COCCCCCCCCCCCC)COC1OC(CO)C(O)C(O)C1O. The Bertz CT molecular complexity index is 911. The van der Waals surface area contributed by atoms with Crippen molar-refractivity contribution in [1.29, 1.82) is 0 Å². The van der Waals surface area contributed by atoms with E-state index < -0.39 is 49.4 Å². The molecule has 0 radical (unpaired) electrons. The maximum absolute atomic E-state index is 12.6. The zero-order chi connectivity index (χ0) is 35.1. The van der Waals surface area contributed by atoms with Gasteiger partial charge in [-0.3, -0.25) is 4.79 Å². The van der Waals surface area contributed by atoms with Crippen molar-refractivity contribution < 1.29 is 44.2 Å². The Morgan fingerprint density at radius 2 is 1.19 bits per heavy atom. The van der Waals surface area contributed by atoms with E-state index in [0.717, 1.165) is 38.5 Å². The highest BCUT2D eigenvalue weighted by molar-refractivity contribution is 5.71. The highest BCUT2D eigenvalue weighted by Gasteiger charge is 2.44. The smallest absolute Gasteiger partial charge is 0.310 e. The third-order valence-corrected chi connectivity index (χ3v) is 7.98. The van der Waals surface area contributed by atoms with Crippen LogP contribution in [0, 0.1) is 0 Å². The van der Waals surface area contributed by atoms with Gasteiger partial charge in [0.1, 0.15) is 30.5 Å². The fourth-order valence-corrected chi connectivity index (χ4v) is 5.09. The number of carbonyl (C=O) groups excluding carboxylic acids is 1. The van der Waals surface area contributed by atoms with Gasteiger partial charge in [0.05, 0.1) is 26.2 Å². The minimum atomic E-state index is -1.55. The molecule has 0 aromatic rings. The summed E-state index contributed by atoms with van der Waals surface area (Å²) in [7, 11) is 0. The molecule has 276 valence electrons. The summed E-state index contributed by atoms with van der Waals surface area (Å²) < 4.78 is 22.5. The molecule has 1 fully saturated rings. The normalized spacial score (nSPS) is 22.7. The summed E-state index contributed by atoms with van der Waals surface area (Å²) >= 11 is 0. The summed E-state index contributed by atoms with van der Waals surface area (Å²) in [4.78, 5) is 12.6. The Hall–Kier alpha value is -2.11. The fraction of sp³-hybridized carbons (Fsp3) is 0.718. The lowest BCUT2D eigenvalue weighted by Gasteiger charge is -2.39. The number of rotatable bonds is 29. The molecule has 9 nitrogen and oxygen atoms in total. The highest BCUT2D eigenvalue weighted by atomic mass is 16.7.